The highest BCUT2D eigenvalue weighted by Gasteiger charge is 2.09. The predicted molar refractivity (Wildman–Crippen MR) is 106 cm³/mol. The largest absolute Gasteiger partial charge is 0.490 e. The molecule has 0 aliphatic rings. The van der Waals surface area contributed by atoms with Gasteiger partial charge in [-0.1, -0.05) is 12.1 Å². The highest BCUT2D eigenvalue weighted by Crippen LogP contribution is 2.28. The number of hydrogen-bond donors (Lipinski definition) is 1. The molecule has 0 saturated heterocycles. The molecule has 1 N–H and O–H groups in total. The lowest BCUT2D eigenvalue weighted by Gasteiger charge is -2.12. The molecule has 2 aromatic rings. The van der Waals surface area contributed by atoms with Crippen molar-refractivity contribution in [3.8, 4) is 11.5 Å². The minimum atomic E-state index is -0.468. The lowest BCUT2D eigenvalue weighted by Crippen LogP contribution is -2.19. The number of nitrogens with one attached hydrogen (secondary N) is 1. The van der Waals surface area contributed by atoms with E-state index >= 15 is 0 Å². The number of carbonyl (C=O) groups is 2. The summed E-state index contributed by atoms with van der Waals surface area (Å²) in [4.78, 5) is 23.3. The first-order valence-electron chi connectivity index (χ1n) is 9.13. The van der Waals surface area contributed by atoms with Crippen LogP contribution in [-0.4, -0.2) is 37.9 Å². The van der Waals surface area contributed by atoms with Gasteiger partial charge in [0.25, 0.3) is 0 Å². The molecule has 0 spiro atoms. The molecular formula is C21H23FN2O5. The third-order valence-electron chi connectivity index (χ3n) is 3.60. The highest BCUT2D eigenvalue weighted by atomic mass is 19.1. The Morgan fingerprint density at radius 2 is 1.79 bits per heavy atom. The van der Waals surface area contributed by atoms with E-state index in [1.807, 2.05) is 6.92 Å². The van der Waals surface area contributed by atoms with Crippen LogP contribution < -0.4 is 14.9 Å². The van der Waals surface area contributed by atoms with Gasteiger partial charge in [-0.15, -0.1) is 0 Å². The molecular weight excluding hydrogens is 379 g/mol. The topological polar surface area (TPSA) is 86.2 Å². The minimum Gasteiger partial charge on any atom is -0.490 e. The molecule has 1 amide bonds. The number of ether oxygens (including phenoxy) is 3. The van der Waals surface area contributed by atoms with Gasteiger partial charge in [0.1, 0.15) is 5.82 Å². The summed E-state index contributed by atoms with van der Waals surface area (Å²) in [6, 6.07) is 10.7. The van der Waals surface area contributed by atoms with Gasteiger partial charge < -0.3 is 14.2 Å². The maximum absolute atomic E-state index is 12.9. The summed E-state index contributed by atoms with van der Waals surface area (Å²) in [5.74, 6) is -0.306. The van der Waals surface area contributed by atoms with Gasteiger partial charge in [-0.05, 0) is 55.3 Å². The van der Waals surface area contributed by atoms with Crippen LogP contribution in [0.4, 0.5) is 4.39 Å². The Hall–Kier alpha value is -3.42. The number of amides is 1. The zero-order chi connectivity index (χ0) is 21.1. The summed E-state index contributed by atoms with van der Waals surface area (Å²) >= 11 is 0. The van der Waals surface area contributed by atoms with Gasteiger partial charge in [-0.2, -0.15) is 5.10 Å². The Morgan fingerprint density at radius 3 is 2.48 bits per heavy atom. The Morgan fingerprint density at radius 1 is 1.03 bits per heavy atom. The van der Waals surface area contributed by atoms with E-state index in [2.05, 4.69) is 10.5 Å². The lowest BCUT2D eigenvalue weighted by atomic mass is 10.1. The fourth-order valence-electron chi connectivity index (χ4n) is 2.34. The van der Waals surface area contributed by atoms with E-state index in [0.717, 1.165) is 0 Å². The number of benzene rings is 2. The molecule has 0 heterocycles. The van der Waals surface area contributed by atoms with Crippen molar-refractivity contribution in [3.63, 3.8) is 0 Å². The van der Waals surface area contributed by atoms with Gasteiger partial charge in [-0.3, -0.25) is 4.79 Å². The van der Waals surface area contributed by atoms with E-state index in [1.54, 1.807) is 37.3 Å². The molecule has 154 valence electrons. The van der Waals surface area contributed by atoms with Crippen LogP contribution in [0.5, 0.6) is 11.5 Å². The molecule has 0 aliphatic heterocycles. The van der Waals surface area contributed by atoms with Crippen LogP contribution in [0.15, 0.2) is 47.6 Å². The summed E-state index contributed by atoms with van der Waals surface area (Å²) < 4.78 is 28.7. The molecule has 0 aromatic heterocycles. The molecule has 8 heteroatoms. The van der Waals surface area contributed by atoms with Gasteiger partial charge in [-0.25, -0.2) is 14.6 Å². The van der Waals surface area contributed by atoms with Crippen LogP contribution in [0.25, 0.3) is 0 Å². The van der Waals surface area contributed by atoms with E-state index in [9.17, 15) is 14.0 Å². The smallest absolute Gasteiger partial charge is 0.344 e. The molecule has 29 heavy (non-hydrogen) atoms. The standard InChI is InChI=1S/C21H23FN2O5/c1-3-27-19-11-16(7-10-18(19)29-14-21(26)28-4-2)13-23-24-20(25)12-15-5-8-17(22)9-6-15/h5-11,13H,3-4,12,14H2,1-2H3,(H,24,25)/b23-13+. The van der Waals surface area contributed by atoms with Crippen molar-refractivity contribution >= 4 is 18.1 Å². The Kier molecular flexibility index (Phi) is 8.62. The Balaban J connectivity index is 1.94. The number of esters is 1. The molecule has 0 aliphatic carbocycles. The van der Waals surface area contributed by atoms with Crippen molar-refractivity contribution in [1.82, 2.24) is 5.43 Å². The molecule has 0 saturated carbocycles. The van der Waals surface area contributed by atoms with Gasteiger partial charge in [0.05, 0.1) is 25.8 Å². The number of nitrogens with zero attached hydrogens (tertiary/aromatic N) is 1. The third kappa shape index (κ3) is 7.61. The molecule has 0 fully saturated rings. The summed E-state index contributed by atoms with van der Waals surface area (Å²) in [5.41, 5.74) is 3.77. The Bertz CT molecular complexity index is 853. The van der Waals surface area contributed by atoms with Crippen LogP contribution in [0.2, 0.25) is 0 Å². The predicted octanol–water partition coefficient (Wildman–Crippen LogP) is 2.86. The van der Waals surface area contributed by atoms with Gasteiger partial charge >= 0.3 is 5.97 Å². The monoisotopic (exact) mass is 402 g/mol. The number of halogens is 1. The first-order valence-corrected chi connectivity index (χ1v) is 9.13. The molecule has 0 radical (unpaired) electrons. The molecule has 7 nitrogen and oxygen atoms in total. The van der Waals surface area contributed by atoms with Crippen molar-refractivity contribution in [2.45, 2.75) is 20.3 Å². The van der Waals surface area contributed by atoms with E-state index in [0.29, 0.717) is 29.2 Å². The number of hydrazone groups is 1. The number of hydrogen-bond acceptors (Lipinski definition) is 6. The molecule has 0 unspecified atom stereocenters. The van der Waals surface area contributed by atoms with Crippen molar-refractivity contribution < 1.29 is 28.2 Å². The fraction of sp³-hybridized carbons (Fsp3) is 0.286. The van der Waals surface area contributed by atoms with Crippen molar-refractivity contribution in [2.24, 2.45) is 5.10 Å². The SMILES string of the molecule is CCOC(=O)COc1ccc(/C=N/NC(=O)Cc2ccc(F)cc2)cc1OCC. The molecule has 2 rings (SSSR count). The lowest BCUT2D eigenvalue weighted by molar-refractivity contribution is -0.145. The molecule has 2 aromatic carbocycles. The van der Waals surface area contributed by atoms with Crippen molar-refractivity contribution in [1.29, 1.82) is 0 Å². The molecule has 0 atom stereocenters. The van der Waals surface area contributed by atoms with Crippen LogP contribution in [0.1, 0.15) is 25.0 Å². The zero-order valence-corrected chi connectivity index (χ0v) is 16.3. The van der Waals surface area contributed by atoms with Crippen LogP contribution >= 0.6 is 0 Å². The number of rotatable bonds is 10. The van der Waals surface area contributed by atoms with Crippen LogP contribution in [0.3, 0.4) is 0 Å². The van der Waals surface area contributed by atoms with Gasteiger partial charge in [0.2, 0.25) is 5.91 Å². The normalized spacial score (nSPS) is 10.6. The average Bonchev–Trinajstić information content (AvgIpc) is 2.69. The highest BCUT2D eigenvalue weighted by molar-refractivity contribution is 5.84. The summed E-state index contributed by atoms with van der Waals surface area (Å²) in [7, 11) is 0. The van der Waals surface area contributed by atoms with Gasteiger partial charge in [0, 0.05) is 0 Å². The maximum Gasteiger partial charge on any atom is 0.344 e. The maximum atomic E-state index is 12.9. The zero-order valence-electron chi connectivity index (χ0n) is 16.3. The molecule has 0 bridgehead atoms. The fourth-order valence-corrected chi connectivity index (χ4v) is 2.34. The minimum absolute atomic E-state index is 0.0858. The second kappa shape index (κ2) is 11.4. The first-order chi connectivity index (χ1) is 14.0. The van der Waals surface area contributed by atoms with E-state index < -0.39 is 5.97 Å². The van der Waals surface area contributed by atoms with Crippen molar-refractivity contribution in [2.75, 3.05) is 19.8 Å². The summed E-state index contributed by atoms with van der Waals surface area (Å²) in [5, 5.41) is 3.92. The van der Waals surface area contributed by atoms with Crippen LogP contribution in [0, 0.1) is 5.82 Å². The number of carbonyl (C=O) groups excluding carboxylic acids is 2. The first kappa shape index (κ1) is 21.9. The second-order valence-corrected chi connectivity index (χ2v) is 5.83. The third-order valence-corrected chi connectivity index (χ3v) is 3.60. The van der Waals surface area contributed by atoms with Gasteiger partial charge in [0.15, 0.2) is 18.1 Å². The van der Waals surface area contributed by atoms with E-state index in [-0.39, 0.29) is 31.4 Å². The Labute approximate surface area is 168 Å². The average molecular weight is 402 g/mol. The van der Waals surface area contributed by atoms with Crippen LogP contribution in [-0.2, 0) is 20.7 Å². The summed E-state index contributed by atoms with van der Waals surface area (Å²) in [6.07, 6.45) is 1.54. The van der Waals surface area contributed by atoms with Crippen molar-refractivity contribution in [3.05, 3.63) is 59.4 Å². The second-order valence-electron chi connectivity index (χ2n) is 5.83. The van der Waals surface area contributed by atoms with E-state index in [4.69, 9.17) is 14.2 Å². The quantitative estimate of drug-likeness (QED) is 0.375. The van der Waals surface area contributed by atoms with E-state index in [1.165, 1.54) is 18.3 Å². The summed E-state index contributed by atoms with van der Waals surface area (Å²) in [6.45, 7) is 4.01.